The number of alkyl halides is 3. The van der Waals surface area contributed by atoms with Crippen molar-refractivity contribution in [1.82, 2.24) is 19.8 Å². The van der Waals surface area contributed by atoms with Gasteiger partial charge in [0.25, 0.3) is 0 Å². The van der Waals surface area contributed by atoms with Crippen molar-refractivity contribution in [2.45, 2.75) is 116 Å². The first kappa shape index (κ1) is 65.2. The Morgan fingerprint density at radius 1 is 0.643 bits per heavy atom. The van der Waals surface area contributed by atoms with Gasteiger partial charge in [-0.1, -0.05) is 31.0 Å². The summed E-state index contributed by atoms with van der Waals surface area (Å²) >= 11 is 2.34. The topological polar surface area (TPSA) is 176 Å². The lowest BCUT2D eigenvalue weighted by Gasteiger charge is -2.32. The molecule has 4 N–H and O–H groups in total. The molecule has 0 spiro atoms. The molecule has 460 valence electrons. The molecule has 0 aliphatic carbocycles. The average Bonchev–Trinajstić information content (AvgIpc) is 2.22. The summed E-state index contributed by atoms with van der Waals surface area (Å²) in [6.45, 7) is 25.8. The van der Waals surface area contributed by atoms with Crippen LogP contribution < -0.4 is 36.5 Å². The lowest BCUT2D eigenvalue weighted by atomic mass is 9.76. The predicted molar refractivity (Wildman–Crippen MR) is 339 cm³/mol. The number of ether oxygens (including phenoxy) is 4. The van der Waals surface area contributed by atoms with Crippen molar-refractivity contribution in [3.05, 3.63) is 75.4 Å². The van der Waals surface area contributed by atoms with E-state index >= 15 is 0 Å². The maximum atomic E-state index is 12.9. The van der Waals surface area contributed by atoms with Crippen LogP contribution in [-0.4, -0.2) is 174 Å². The highest BCUT2D eigenvalue weighted by atomic mass is 127. The third-order valence-corrected chi connectivity index (χ3v) is 17.5. The van der Waals surface area contributed by atoms with Crippen LogP contribution in [0, 0.1) is 29.3 Å². The van der Waals surface area contributed by atoms with Gasteiger partial charge >= 0.3 is 25.4 Å². The molecule has 7 aliphatic heterocycles. The fraction of sp³-hybridized carbons (Fsp3) is 0.600. The first-order valence-electron chi connectivity index (χ1n) is 29.5. The molecule has 0 unspecified atom stereocenters. The van der Waals surface area contributed by atoms with Crippen LogP contribution in [0.3, 0.4) is 0 Å². The summed E-state index contributed by atoms with van der Waals surface area (Å²) in [4.78, 5) is 43.0. The molecule has 18 nitrogen and oxygen atoms in total. The number of aryl methyl sites for hydroxylation is 2. The number of urea groups is 2. The number of nitrogens with one attached hydrogen (secondary N) is 4. The average molecular weight is 1300 g/mol. The Bertz CT molecular complexity index is 2820. The number of likely N-dealkylation sites (tertiary alicyclic amines) is 2. The number of morpholine rings is 2. The van der Waals surface area contributed by atoms with Gasteiger partial charge in [-0.2, -0.15) is 26.7 Å². The first-order valence-corrected chi connectivity index (χ1v) is 30.5. The van der Waals surface area contributed by atoms with Gasteiger partial charge in [-0.05, 0) is 172 Å². The maximum Gasteiger partial charge on any atom is 0.495 e. The number of halogens is 4. The standard InChI is InChI=1S/C27H37N5O3.C20H28BF3N2O3.C13H18IN3O2.H2S/c1-3-20-6-8-32(17-20)27(33)29-22-5-4-19(2)24(16-22)21-14-25(28-23-7-11-35-18-23)30-26(15-21)31-9-12-34-13-10-31;1-13-6-7-15(10-16(13)21-28-18(2,3)19(4,5)29-21)25-17(27)26-9-8-14(12-26)11-20(22,23)24;14-10-7-12(15-11-1-4-19-9-11)16-13(8-10)17-2-5-18-6-3-17;/h4-5,14-16,20,23H,3,6-13,17-18H2,1-2H3,(H,28,30)(H,29,33);6-7,10,14H,8-9,11-12H2,1-5H3,(H,25,27);7-8,11H,1-6,9H2,(H,15,16);1H2/t20-,23+;14-;11-;/m100./s1. The smallest absolute Gasteiger partial charge is 0.399 e. The van der Waals surface area contributed by atoms with E-state index in [2.05, 4.69) is 104 Å². The lowest BCUT2D eigenvalue weighted by Crippen LogP contribution is -2.41. The van der Waals surface area contributed by atoms with Crippen molar-refractivity contribution >= 4 is 95.4 Å². The summed E-state index contributed by atoms with van der Waals surface area (Å²) in [5.41, 5.74) is 5.54. The molecule has 7 saturated heterocycles. The molecule has 4 aromatic rings. The zero-order valence-electron chi connectivity index (χ0n) is 49.7. The highest BCUT2D eigenvalue weighted by Crippen LogP contribution is 2.38. The molecular formula is C60H85BF3IN10O8S. The Morgan fingerprint density at radius 3 is 1.65 bits per heavy atom. The number of aromatic nitrogens is 2. The van der Waals surface area contributed by atoms with Crippen LogP contribution in [0.1, 0.15) is 84.3 Å². The number of carbonyl (C=O) groups excluding carboxylic acids is 2. The summed E-state index contributed by atoms with van der Waals surface area (Å²) in [6.07, 6.45) is -0.449. The molecule has 0 bridgehead atoms. The SMILES string of the molecule is CC[C@@H]1CCN(C(=O)Nc2ccc(C)c(-c3cc(N[C@H]4CCOC4)nc(N4CCOCC4)c3)c2)C1.Cc1ccc(NC(=O)N2CC[C@@H](CC(F)(F)F)C2)cc1B1OC(C)(C)C(C)(C)O1.Ic1cc(N[C@H]2CCOC2)nc(N2CCOCC2)c1.S. The van der Waals surface area contributed by atoms with Gasteiger partial charge in [0.2, 0.25) is 0 Å². The first-order chi connectivity index (χ1) is 39.7. The second kappa shape index (κ2) is 29.2. The Hall–Kier alpha value is -4.83. The molecule has 24 heteroatoms. The van der Waals surface area contributed by atoms with Crippen LogP contribution in [0.5, 0.6) is 0 Å². The zero-order chi connectivity index (χ0) is 58.9. The molecule has 0 radical (unpaired) electrons. The number of nitrogens with zero attached hydrogens (tertiary/aromatic N) is 6. The highest BCUT2D eigenvalue weighted by molar-refractivity contribution is 14.1. The van der Waals surface area contributed by atoms with Crippen molar-refractivity contribution in [3.63, 3.8) is 0 Å². The van der Waals surface area contributed by atoms with Crippen molar-refractivity contribution < 1.29 is 51.0 Å². The Labute approximate surface area is 514 Å². The third-order valence-electron chi connectivity index (χ3n) is 16.9. The van der Waals surface area contributed by atoms with Gasteiger partial charge in [-0.25, -0.2) is 19.6 Å². The number of amides is 4. The van der Waals surface area contributed by atoms with Gasteiger partial charge in [-0.3, -0.25) is 0 Å². The van der Waals surface area contributed by atoms with Crippen molar-refractivity contribution in [1.29, 1.82) is 0 Å². The van der Waals surface area contributed by atoms with Crippen molar-refractivity contribution in [2.24, 2.45) is 11.8 Å². The van der Waals surface area contributed by atoms with Crippen molar-refractivity contribution in [2.75, 3.05) is 136 Å². The number of hydrogen-bond acceptors (Lipinski definition) is 14. The van der Waals surface area contributed by atoms with Gasteiger partial charge < -0.3 is 69.1 Å². The van der Waals surface area contributed by atoms with E-state index in [1.165, 1.54) is 8.47 Å². The Balaban J connectivity index is 0.000000170. The summed E-state index contributed by atoms with van der Waals surface area (Å²) in [5, 5.41) is 13.0. The molecule has 11 rings (SSSR count). The maximum absolute atomic E-state index is 12.9. The molecular weight excluding hydrogens is 1220 g/mol. The number of hydrogen-bond donors (Lipinski definition) is 4. The fourth-order valence-corrected chi connectivity index (χ4v) is 11.7. The summed E-state index contributed by atoms with van der Waals surface area (Å²) < 4.78 is 73.0. The number of benzene rings is 2. The molecule has 2 aromatic heterocycles. The fourth-order valence-electron chi connectivity index (χ4n) is 11.1. The van der Waals surface area contributed by atoms with Gasteiger partial charge in [0, 0.05) is 86.9 Å². The largest absolute Gasteiger partial charge is 0.495 e. The molecule has 84 heavy (non-hydrogen) atoms. The van der Waals surface area contributed by atoms with E-state index in [1.807, 2.05) is 51.7 Å². The molecule has 0 saturated carbocycles. The minimum Gasteiger partial charge on any atom is -0.399 e. The number of rotatable bonds is 12. The Morgan fingerprint density at radius 2 is 1.14 bits per heavy atom. The molecule has 2 aromatic carbocycles. The summed E-state index contributed by atoms with van der Waals surface area (Å²) in [5.74, 6) is 3.86. The lowest BCUT2D eigenvalue weighted by molar-refractivity contribution is -0.143. The van der Waals surface area contributed by atoms with Crippen LogP contribution >= 0.6 is 36.1 Å². The number of anilines is 6. The molecule has 7 aliphatic rings. The predicted octanol–water partition coefficient (Wildman–Crippen LogP) is 10.3. The normalized spacial score (nSPS) is 22.8. The highest BCUT2D eigenvalue weighted by Gasteiger charge is 2.52. The number of carbonyl (C=O) groups is 2. The summed E-state index contributed by atoms with van der Waals surface area (Å²) in [6, 6.07) is 20.3. The molecule has 4 amide bonds. The van der Waals surface area contributed by atoms with Crippen LogP contribution in [0.4, 0.5) is 57.4 Å². The van der Waals surface area contributed by atoms with Crippen LogP contribution in [0.25, 0.3) is 11.1 Å². The Kier molecular flexibility index (Phi) is 22.7. The molecule has 4 atom stereocenters. The van der Waals surface area contributed by atoms with E-state index in [9.17, 15) is 22.8 Å². The van der Waals surface area contributed by atoms with Crippen molar-refractivity contribution in [3.8, 4) is 11.1 Å². The van der Waals surface area contributed by atoms with Gasteiger partial charge in [0.05, 0.1) is 62.9 Å². The minimum absolute atomic E-state index is 0. The van der Waals surface area contributed by atoms with Crippen LogP contribution in [0.15, 0.2) is 60.7 Å². The van der Waals surface area contributed by atoms with Crippen LogP contribution in [0.2, 0.25) is 0 Å². The second-order valence-corrected chi connectivity index (χ2v) is 25.0. The minimum atomic E-state index is -4.20. The monoisotopic (exact) mass is 1300 g/mol. The molecule has 7 fully saturated rings. The van der Waals surface area contributed by atoms with Gasteiger partial charge in [0.15, 0.2) is 0 Å². The van der Waals surface area contributed by atoms with Gasteiger partial charge in [0.1, 0.15) is 23.3 Å². The number of pyridine rings is 2. The van der Waals surface area contributed by atoms with Gasteiger partial charge in [-0.15, -0.1) is 0 Å². The second-order valence-electron chi connectivity index (χ2n) is 23.7. The van der Waals surface area contributed by atoms with E-state index in [0.29, 0.717) is 50.4 Å². The van der Waals surface area contributed by atoms with Crippen LogP contribution in [-0.2, 0) is 28.3 Å². The van der Waals surface area contributed by atoms with E-state index in [-0.39, 0.29) is 32.1 Å². The molecule has 9 heterocycles. The zero-order valence-corrected chi connectivity index (χ0v) is 52.8. The van der Waals surface area contributed by atoms with E-state index in [1.54, 1.807) is 12.1 Å². The van der Waals surface area contributed by atoms with E-state index in [0.717, 1.165) is 155 Å². The third kappa shape index (κ3) is 17.7. The quantitative estimate of drug-likeness (QED) is 0.0779. The summed E-state index contributed by atoms with van der Waals surface area (Å²) in [7, 11) is -0.556. The van der Waals surface area contributed by atoms with E-state index in [4.69, 9.17) is 38.2 Å². The van der Waals surface area contributed by atoms with E-state index < -0.39 is 42.9 Å².